The summed E-state index contributed by atoms with van der Waals surface area (Å²) in [6.07, 6.45) is 0.822. The summed E-state index contributed by atoms with van der Waals surface area (Å²) in [7, 11) is 1.76. The van der Waals surface area contributed by atoms with E-state index in [1.807, 2.05) is 13.8 Å². The molecule has 2 aliphatic heterocycles. The monoisotopic (exact) mass is 343 g/mol. The highest BCUT2D eigenvalue weighted by Crippen LogP contribution is 2.27. The van der Waals surface area contributed by atoms with Crippen LogP contribution in [0.4, 0.5) is 0 Å². The van der Waals surface area contributed by atoms with Gasteiger partial charge in [-0.25, -0.2) is 0 Å². The number of rotatable bonds is 4. The number of nitrogens with one attached hydrogen (secondary N) is 1. The largest absolute Gasteiger partial charge is 0.387 e. The Morgan fingerprint density at radius 3 is 2.52 bits per heavy atom. The van der Waals surface area contributed by atoms with Crippen molar-refractivity contribution < 1.29 is 9.90 Å². The number of aliphatic imine (C=N–C) groups is 1. The predicted octanol–water partition coefficient (Wildman–Crippen LogP) is -0.689. The topological polar surface area (TPSA) is 94.2 Å². The molecule has 4 N–H and O–H groups in total. The molecule has 2 aliphatic rings. The van der Waals surface area contributed by atoms with Crippen molar-refractivity contribution >= 4 is 23.6 Å². The molecular weight excluding hydrogens is 314 g/mol. The first kappa shape index (κ1) is 18.4. The number of carbonyl (C=O) groups is 1. The molecule has 0 bridgehead atoms. The highest BCUT2D eigenvalue weighted by molar-refractivity contribution is 7.99. The fourth-order valence-corrected chi connectivity index (χ4v) is 4.24. The van der Waals surface area contributed by atoms with E-state index >= 15 is 0 Å². The standard InChI is InChI=1S/C15H29N5O2S/c1-14(2,12(16)21)20-7-5-19(6-8-20)13(17-3)18-10-15(22)4-9-23-11-15/h22H,4-11H2,1-3H3,(H2,16,21)(H,17,18). The fourth-order valence-electron chi connectivity index (χ4n) is 2.94. The Bertz CT molecular complexity index is 455. The van der Waals surface area contributed by atoms with Gasteiger partial charge in [0.15, 0.2) is 5.96 Å². The van der Waals surface area contributed by atoms with Gasteiger partial charge in [0.25, 0.3) is 0 Å². The molecule has 0 spiro atoms. The minimum absolute atomic E-state index is 0.297. The third-order valence-corrected chi connectivity index (χ3v) is 6.08. The molecule has 0 aromatic heterocycles. The second-order valence-corrected chi connectivity index (χ2v) is 7.93. The normalized spacial score (nSPS) is 27.3. The third kappa shape index (κ3) is 4.30. The van der Waals surface area contributed by atoms with E-state index in [1.54, 1.807) is 18.8 Å². The molecule has 0 aromatic carbocycles. The van der Waals surface area contributed by atoms with Crippen molar-refractivity contribution in [3.8, 4) is 0 Å². The predicted molar refractivity (Wildman–Crippen MR) is 94.7 cm³/mol. The molecule has 0 aromatic rings. The van der Waals surface area contributed by atoms with Gasteiger partial charge < -0.3 is 21.1 Å². The molecule has 0 aliphatic carbocycles. The number of nitrogens with two attached hydrogens (primary N) is 1. The SMILES string of the molecule is CN=C(NCC1(O)CCSC1)N1CCN(C(C)(C)C(N)=O)CC1. The number of nitrogens with zero attached hydrogens (tertiary/aromatic N) is 3. The molecule has 23 heavy (non-hydrogen) atoms. The molecule has 0 radical (unpaired) electrons. The van der Waals surface area contributed by atoms with Crippen LogP contribution in [0.5, 0.6) is 0 Å². The van der Waals surface area contributed by atoms with Gasteiger partial charge in [-0.1, -0.05) is 0 Å². The fraction of sp³-hybridized carbons (Fsp3) is 0.867. The van der Waals surface area contributed by atoms with Crippen LogP contribution in [0.1, 0.15) is 20.3 Å². The molecule has 0 saturated carbocycles. The molecule has 2 saturated heterocycles. The van der Waals surface area contributed by atoms with Gasteiger partial charge in [0.1, 0.15) is 0 Å². The summed E-state index contributed by atoms with van der Waals surface area (Å²) in [5.41, 5.74) is 4.24. The number of amides is 1. The van der Waals surface area contributed by atoms with Crippen LogP contribution in [0.15, 0.2) is 4.99 Å². The second-order valence-electron chi connectivity index (χ2n) is 6.83. The molecule has 2 rings (SSSR count). The van der Waals surface area contributed by atoms with E-state index in [4.69, 9.17) is 5.73 Å². The molecular formula is C15H29N5O2S. The molecule has 132 valence electrons. The summed E-state index contributed by atoms with van der Waals surface area (Å²) in [6.45, 7) is 7.34. The number of piperazine rings is 1. The third-order valence-electron chi connectivity index (χ3n) is 4.84. The lowest BCUT2D eigenvalue weighted by Crippen LogP contribution is -2.61. The number of hydrogen-bond acceptors (Lipinski definition) is 5. The lowest BCUT2D eigenvalue weighted by atomic mass is 10.0. The Kier molecular flexibility index (Phi) is 5.80. The van der Waals surface area contributed by atoms with Gasteiger partial charge in [-0.15, -0.1) is 0 Å². The van der Waals surface area contributed by atoms with Gasteiger partial charge in [0.05, 0.1) is 11.1 Å². The number of aliphatic hydroxyl groups is 1. The Hall–Kier alpha value is -0.990. The van der Waals surface area contributed by atoms with Crippen LogP contribution >= 0.6 is 11.8 Å². The smallest absolute Gasteiger partial charge is 0.237 e. The zero-order valence-corrected chi connectivity index (χ0v) is 15.2. The lowest BCUT2D eigenvalue weighted by Gasteiger charge is -2.43. The molecule has 8 heteroatoms. The maximum Gasteiger partial charge on any atom is 0.237 e. The van der Waals surface area contributed by atoms with Crippen molar-refractivity contribution in [2.75, 3.05) is 51.3 Å². The first-order valence-corrected chi connectivity index (χ1v) is 9.25. The summed E-state index contributed by atoms with van der Waals surface area (Å²) in [5.74, 6) is 2.30. The van der Waals surface area contributed by atoms with Crippen LogP contribution in [0, 0.1) is 0 Å². The maximum absolute atomic E-state index is 11.6. The van der Waals surface area contributed by atoms with E-state index < -0.39 is 11.1 Å². The average molecular weight is 343 g/mol. The Morgan fingerprint density at radius 1 is 1.39 bits per heavy atom. The van der Waals surface area contributed by atoms with Crippen LogP contribution in [0.3, 0.4) is 0 Å². The first-order chi connectivity index (χ1) is 10.8. The number of hydrogen-bond donors (Lipinski definition) is 3. The van der Waals surface area contributed by atoms with E-state index in [1.165, 1.54) is 0 Å². The van der Waals surface area contributed by atoms with Crippen LogP contribution in [-0.2, 0) is 4.79 Å². The molecule has 1 atom stereocenters. The number of thioether (sulfide) groups is 1. The Labute approximate surface area is 142 Å². The second kappa shape index (κ2) is 7.27. The summed E-state index contributed by atoms with van der Waals surface area (Å²) >= 11 is 1.79. The van der Waals surface area contributed by atoms with Gasteiger partial charge >= 0.3 is 0 Å². The number of primary amides is 1. The van der Waals surface area contributed by atoms with E-state index in [9.17, 15) is 9.90 Å². The van der Waals surface area contributed by atoms with E-state index in [2.05, 4.69) is 20.1 Å². The highest BCUT2D eigenvalue weighted by atomic mass is 32.2. The van der Waals surface area contributed by atoms with Crippen LogP contribution in [0.25, 0.3) is 0 Å². The molecule has 2 heterocycles. The quantitative estimate of drug-likeness (QED) is 0.462. The van der Waals surface area contributed by atoms with Gasteiger partial charge in [-0.2, -0.15) is 11.8 Å². The Balaban J connectivity index is 1.86. The molecule has 2 fully saturated rings. The van der Waals surface area contributed by atoms with E-state index in [-0.39, 0.29) is 5.91 Å². The van der Waals surface area contributed by atoms with Crippen LogP contribution < -0.4 is 11.1 Å². The van der Waals surface area contributed by atoms with Crippen molar-refractivity contribution in [2.45, 2.75) is 31.4 Å². The zero-order chi connectivity index (χ0) is 17.1. The van der Waals surface area contributed by atoms with Gasteiger partial charge in [-0.3, -0.25) is 14.7 Å². The minimum atomic E-state index is -0.629. The molecule has 1 unspecified atom stereocenters. The molecule has 1 amide bonds. The van der Waals surface area contributed by atoms with Crippen molar-refractivity contribution in [3.05, 3.63) is 0 Å². The van der Waals surface area contributed by atoms with Crippen molar-refractivity contribution in [2.24, 2.45) is 10.7 Å². The van der Waals surface area contributed by atoms with Gasteiger partial charge in [0, 0.05) is 45.5 Å². The van der Waals surface area contributed by atoms with Crippen LogP contribution in [-0.4, -0.2) is 89.2 Å². The van der Waals surface area contributed by atoms with E-state index in [0.717, 1.165) is 50.1 Å². The van der Waals surface area contributed by atoms with Crippen molar-refractivity contribution in [1.82, 2.24) is 15.1 Å². The van der Waals surface area contributed by atoms with E-state index in [0.29, 0.717) is 6.54 Å². The lowest BCUT2D eigenvalue weighted by molar-refractivity contribution is -0.129. The van der Waals surface area contributed by atoms with Crippen LogP contribution in [0.2, 0.25) is 0 Å². The molecule has 7 nitrogen and oxygen atoms in total. The van der Waals surface area contributed by atoms with Crippen molar-refractivity contribution in [3.63, 3.8) is 0 Å². The average Bonchev–Trinajstić information content (AvgIpc) is 2.95. The maximum atomic E-state index is 11.6. The minimum Gasteiger partial charge on any atom is -0.387 e. The zero-order valence-electron chi connectivity index (χ0n) is 14.3. The van der Waals surface area contributed by atoms with Crippen molar-refractivity contribution in [1.29, 1.82) is 0 Å². The summed E-state index contributed by atoms with van der Waals surface area (Å²) < 4.78 is 0. The van der Waals surface area contributed by atoms with Gasteiger partial charge in [-0.05, 0) is 26.0 Å². The summed E-state index contributed by atoms with van der Waals surface area (Å²) in [4.78, 5) is 20.2. The Morgan fingerprint density at radius 2 is 2.04 bits per heavy atom. The summed E-state index contributed by atoms with van der Waals surface area (Å²) in [5, 5.41) is 13.7. The number of carbonyl (C=O) groups excluding carboxylic acids is 1. The van der Waals surface area contributed by atoms with Gasteiger partial charge in [0.2, 0.25) is 5.91 Å². The summed E-state index contributed by atoms with van der Waals surface area (Å²) in [6, 6.07) is 0. The highest BCUT2D eigenvalue weighted by Gasteiger charge is 2.36. The first-order valence-electron chi connectivity index (χ1n) is 8.09. The number of guanidine groups is 1.